The number of rotatable bonds is 5. The summed E-state index contributed by atoms with van der Waals surface area (Å²) in [6.45, 7) is 4.06. The van der Waals surface area contributed by atoms with Gasteiger partial charge in [0.25, 0.3) is 5.91 Å². The molecule has 2 aromatic heterocycles. The predicted octanol–water partition coefficient (Wildman–Crippen LogP) is 7.52. The molecule has 31 heavy (non-hydrogen) atoms. The SMILES string of the molecule is Cc1c(C(=O)N[C@@H](C)C2CCCCC2)nn(-c2ccc(Cl)cc2Cl)c1-c1ccc(I)s1. The molecule has 1 amide bonds. The van der Waals surface area contributed by atoms with Crippen LogP contribution in [0.2, 0.25) is 10.0 Å². The lowest BCUT2D eigenvalue weighted by Gasteiger charge is -2.28. The predicted molar refractivity (Wildman–Crippen MR) is 138 cm³/mol. The summed E-state index contributed by atoms with van der Waals surface area (Å²) in [5, 5.41) is 9.00. The zero-order valence-corrected chi connectivity index (χ0v) is 21.9. The molecule has 0 spiro atoms. The van der Waals surface area contributed by atoms with E-state index in [2.05, 4.69) is 47.0 Å². The van der Waals surface area contributed by atoms with E-state index in [0.29, 0.717) is 27.3 Å². The van der Waals surface area contributed by atoms with Crippen LogP contribution in [0.4, 0.5) is 0 Å². The molecule has 164 valence electrons. The van der Waals surface area contributed by atoms with Crippen LogP contribution in [0.1, 0.15) is 55.1 Å². The summed E-state index contributed by atoms with van der Waals surface area (Å²) in [6, 6.07) is 9.57. The monoisotopic (exact) mass is 587 g/mol. The van der Waals surface area contributed by atoms with Crippen molar-refractivity contribution in [3.8, 4) is 16.3 Å². The third-order valence-electron chi connectivity index (χ3n) is 6.00. The first-order valence-corrected chi connectivity index (χ1v) is 13.1. The van der Waals surface area contributed by atoms with E-state index in [1.165, 1.54) is 35.0 Å². The number of carbonyl (C=O) groups is 1. The van der Waals surface area contributed by atoms with Crippen molar-refractivity contribution in [2.45, 2.75) is 52.0 Å². The van der Waals surface area contributed by atoms with Crippen molar-refractivity contribution in [2.75, 3.05) is 0 Å². The van der Waals surface area contributed by atoms with Gasteiger partial charge < -0.3 is 5.32 Å². The van der Waals surface area contributed by atoms with Crippen molar-refractivity contribution < 1.29 is 4.79 Å². The highest BCUT2D eigenvalue weighted by atomic mass is 127. The molecule has 0 aliphatic heterocycles. The van der Waals surface area contributed by atoms with Crippen LogP contribution >= 0.6 is 57.1 Å². The van der Waals surface area contributed by atoms with Crippen LogP contribution in [0.5, 0.6) is 0 Å². The molecule has 3 aromatic rings. The van der Waals surface area contributed by atoms with E-state index >= 15 is 0 Å². The molecule has 1 N–H and O–H groups in total. The van der Waals surface area contributed by atoms with Crippen LogP contribution in [0.3, 0.4) is 0 Å². The van der Waals surface area contributed by atoms with Crippen LogP contribution in [0.25, 0.3) is 16.3 Å². The average Bonchev–Trinajstić information content (AvgIpc) is 3.31. The Morgan fingerprint density at radius 1 is 1.23 bits per heavy atom. The highest BCUT2D eigenvalue weighted by Gasteiger charge is 2.27. The van der Waals surface area contributed by atoms with Crippen LogP contribution in [0.15, 0.2) is 30.3 Å². The first-order chi connectivity index (χ1) is 14.8. The molecule has 1 atom stereocenters. The smallest absolute Gasteiger partial charge is 0.272 e. The van der Waals surface area contributed by atoms with Gasteiger partial charge in [0.1, 0.15) is 0 Å². The lowest BCUT2D eigenvalue weighted by molar-refractivity contribution is 0.0913. The van der Waals surface area contributed by atoms with E-state index in [9.17, 15) is 4.79 Å². The Balaban J connectivity index is 1.73. The zero-order valence-electron chi connectivity index (χ0n) is 17.4. The summed E-state index contributed by atoms with van der Waals surface area (Å²) in [7, 11) is 0. The first kappa shape index (κ1) is 23.1. The molecule has 1 aliphatic rings. The minimum absolute atomic E-state index is 0.127. The number of thiophene rings is 1. The van der Waals surface area contributed by atoms with Crippen LogP contribution < -0.4 is 5.32 Å². The second kappa shape index (κ2) is 9.81. The maximum absolute atomic E-state index is 13.3. The Labute approximate surface area is 210 Å². The van der Waals surface area contributed by atoms with Gasteiger partial charge in [-0.05, 0) is 85.5 Å². The van der Waals surface area contributed by atoms with Crippen molar-refractivity contribution in [1.29, 1.82) is 0 Å². The number of hydrogen-bond acceptors (Lipinski definition) is 3. The number of aromatic nitrogens is 2. The Morgan fingerprint density at radius 2 is 1.97 bits per heavy atom. The van der Waals surface area contributed by atoms with E-state index in [4.69, 9.17) is 28.3 Å². The van der Waals surface area contributed by atoms with Gasteiger partial charge in [0, 0.05) is 16.6 Å². The average molecular weight is 588 g/mol. The molecule has 0 radical (unpaired) electrons. The van der Waals surface area contributed by atoms with Gasteiger partial charge in [0.2, 0.25) is 0 Å². The van der Waals surface area contributed by atoms with Gasteiger partial charge in [0.15, 0.2) is 5.69 Å². The summed E-state index contributed by atoms with van der Waals surface area (Å²) in [5.74, 6) is 0.399. The normalized spacial score (nSPS) is 15.8. The number of benzene rings is 1. The van der Waals surface area contributed by atoms with Crippen LogP contribution in [0, 0.1) is 15.7 Å². The minimum atomic E-state index is -0.132. The number of amides is 1. The molecule has 0 bridgehead atoms. The molecule has 0 saturated heterocycles. The standard InChI is InChI=1S/C23H24Cl2IN3OS/c1-13-21(23(30)27-14(2)15-6-4-3-5-7-15)28-29(18-9-8-16(24)12-17(18)25)22(13)19-10-11-20(26)31-19/h8-12,14-15H,3-7H2,1-2H3,(H,27,30)/t14-/m0/s1. The van der Waals surface area contributed by atoms with Crippen molar-refractivity contribution in [2.24, 2.45) is 5.92 Å². The topological polar surface area (TPSA) is 46.9 Å². The summed E-state index contributed by atoms with van der Waals surface area (Å²) >= 11 is 16.6. The molecular formula is C23H24Cl2IN3OS. The van der Waals surface area contributed by atoms with Gasteiger partial charge in [-0.15, -0.1) is 11.3 Å². The largest absolute Gasteiger partial charge is 0.348 e. The van der Waals surface area contributed by atoms with Crippen LogP contribution in [-0.4, -0.2) is 21.7 Å². The van der Waals surface area contributed by atoms with Crippen molar-refractivity contribution in [3.63, 3.8) is 0 Å². The van der Waals surface area contributed by atoms with E-state index in [1.54, 1.807) is 28.2 Å². The van der Waals surface area contributed by atoms with Gasteiger partial charge in [0.05, 0.1) is 24.2 Å². The van der Waals surface area contributed by atoms with Crippen molar-refractivity contribution >= 4 is 63.0 Å². The Bertz CT molecular complexity index is 1100. The van der Waals surface area contributed by atoms with Crippen molar-refractivity contribution in [3.05, 3.63) is 54.5 Å². The fourth-order valence-corrected chi connectivity index (χ4v) is 6.50. The van der Waals surface area contributed by atoms with Gasteiger partial charge in [-0.25, -0.2) is 4.68 Å². The highest BCUT2D eigenvalue weighted by Crippen LogP contribution is 2.36. The molecule has 1 fully saturated rings. The lowest BCUT2D eigenvalue weighted by atomic mass is 9.84. The van der Waals surface area contributed by atoms with Crippen molar-refractivity contribution in [1.82, 2.24) is 15.1 Å². The number of nitrogens with zero attached hydrogens (tertiary/aromatic N) is 2. The molecular weight excluding hydrogens is 564 g/mol. The first-order valence-electron chi connectivity index (χ1n) is 10.5. The zero-order chi connectivity index (χ0) is 22.1. The Morgan fingerprint density at radius 3 is 2.61 bits per heavy atom. The molecule has 1 aromatic carbocycles. The van der Waals surface area contributed by atoms with E-state index in [0.717, 1.165) is 16.1 Å². The highest BCUT2D eigenvalue weighted by molar-refractivity contribution is 14.1. The summed E-state index contributed by atoms with van der Waals surface area (Å²) < 4.78 is 2.94. The fraction of sp³-hybridized carbons (Fsp3) is 0.391. The number of nitrogens with one attached hydrogen (secondary N) is 1. The van der Waals surface area contributed by atoms with Gasteiger partial charge in [-0.3, -0.25) is 4.79 Å². The third-order valence-corrected chi connectivity index (χ3v) is 8.44. The molecule has 4 rings (SSSR count). The molecule has 1 aliphatic carbocycles. The quantitative estimate of drug-likeness (QED) is 0.314. The Hall–Kier alpha value is -1.09. The second-order valence-corrected chi connectivity index (χ2v) is 11.9. The molecule has 2 heterocycles. The molecule has 8 heteroatoms. The van der Waals surface area contributed by atoms with Gasteiger partial charge in [-0.1, -0.05) is 42.5 Å². The van der Waals surface area contributed by atoms with E-state index < -0.39 is 0 Å². The maximum atomic E-state index is 13.3. The van der Waals surface area contributed by atoms with Gasteiger partial charge >= 0.3 is 0 Å². The van der Waals surface area contributed by atoms with Crippen LogP contribution in [-0.2, 0) is 0 Å². The molecule has 1 saturated carbocycles. The van der Waals surface area contributed by atoms with Gasteiger partial charge in [-0.2, -0.15) is 5.10 Å². The summed E-state index contributed by atoms with van der Waals surface area (Å²) in [4.78, 5) is 14.3. The number of halogens is 3. The molecule has 0 unspecified atom stereocenters. The third kappa shape index (κ3) is 4.97. The second-order valence-electron chi connectivity index (χ2n) is 8.09. The maximum Gasteiger partial charge on any atom is 0.272 e. The number of hydrogen-bond donors (Lipinski definition) is 1. The molecule has 4 nitrogen and oxygen atoms in total. The number of carbonyl (C=O) groups excluding carboxylic acids is 1. The fourth-order valence-electron chi connectivity index (χ4n) is 4.30. The van der Waals surface area contributed by atoms with E-state index in [1.807, 2.05) is 13.0 Å². The Kier molecular flexibility index (Phi) is 7.30. The van der Waals surface area contributed by atoms with E-state index in [-0.39, 0.29) is 11.9 Å². The summed E-state index contributed by atoms with van der Waals surface area (Å²) in [6.07, 6.45) is 6.14. The summed E-state index contributed by atoms with van der Waals surface area (Å²) in [5.41, 5.74) is 2.87. The minimum Gasteiger partial charge on any atom is -0.348 e. The lowest BCUT2D eigenvalue weighted by Crippen LogP contribution is -2.39.